The minimum absolute atomic E-state index is 0.0997. The monoisotopic (exact) mass is 309 g/mol. The summed E-state index contributed by atoms with van der Waals surface area (Å²) in [5.74, 6) is 1.10. The number of ether oxygens (including phenoxy) is 1. The number of thioether (sulfide) groups is 1. The summed E-state index contributed by atoms with van der Waals surface area (Å²) in [6.45, 7) is 8.60. The first-order valence-electron chi connectivity index (χ1n) is 7.52. The molecule has 0 N–H and O–H groups in total. The second-order valence-corrected chi connectivity index (χ2v) is 8.03. The van der Waals surface area contributed by atoms with Crippen molar-refractivity contribution >= 4 is 17.7 Å². The predicted octanol–water partition coefficient (Wildman–Crippen LogP) is 1.98. The van der Waals surface area contributed by atoms with Crippen LogP contribution in [0.25, 0.3) is 0 Å². The highest BCUT2D eigenvalue weighted by Gasteiger charge is 2.37. The van der Waals surface area contributed by atoms with Crippen molar-refractivity contribution in [3.8, 4) is 0 Å². The summed E-state index contributed by atoms with van der Waals surface area (Å²) in [7, 11) is 0. The van der Waals surface area contributed by atoms with Crippen molar-refractivity contribution < 1.29 is 9.53 Å². The van der Waals surface area contributed by atoms with Gasteiger partial charge in [0, 0.05) is 36.4 Å². The van der Waals surface area contributed by atoms with E-state index >= 15 is 0 Å². The molecule has 3 heterocycles. The number of hydrogen-bond acceptors (Lipinski definition) is 4. The first kappa shape index (κ1) is 14.9. The fourth-order valence-corrected chi connectivity index (χ4v) is 4.21. The lowest BCUT2D eigenvalue weighted by atomic mass is 10.1. The smallest absolute Gasteiger partial charge is 0.257 e. The third kappa shape index (κ3) is 2.97. The van der Waals surface area contributed by atoms with E-state index in [0.29, 0.717) is 16.9 Å². The number of carbonyl (C=O) groups excluding carboxylic acids is 1. The van der Waals surface area contributed by atoms with E-state index in [-0.39, 0.29) is 11.4 Å². The van der Waals surface area contributed by atoms with Gasteiger partial charge in [-0.3, -0.25) is 9.48 Å². The molecule has 0 saturated carbocycles. The van der Waals surface area contributed by atoms with Gasteiger partial charge in [0.25, 0.3) is 5.91 Å². The van der Waals surface area contributed by atoms with Gasteiger partial charge in [-0.2, -0.15) is 16.9 Å². The van der Waals surface area contributed by atoms with Crippen LogP contribution in [0.4, 0.5) is 0 Å². The molecule has 0 aromatic carbocycles. The van der Waals surface area contributed by atoms with Gasteiger partial charge in [-0.05, 0) is 27.2 Å². The summed E-state index contributed by atoms with van der Waals surface area (Å²) in [6, 6.07) is 0.308. The summed E-state index contributed by atoms with van der Waals surface area (Å²) < 4.78 is 7.41. The molecule has 2 atom stereocenters. The zero-order valence-electron chi connectivity index (χ0n) is 12.9. The van der Waals surface area contributed by atoms with E-state index in [9.17, 15) is 4.79 Å². The molecule has 21 heavy (non-hydrogen) atoms. The van der Waals surface area contributed by atoms with Crippen LogP contribution in [0.1, 0.15) is 37.6 Å². The Balaban J connectivity index is 1.79. The quantitative estimate of drug-likeness (QED) is 0.796. The van der Waals surface area contributed by atoms with Gasteiger partial charge in [-0.15, -0.1) is 0 Å². The Labute approximate surface area is 130 Å². The maximum absolute atomic E-state index is 12.8. The van der Waals surface area contributed by atoms with Crippen molar-refractivity contribution in [2.24, 2.45) is 0 Å². The van der Waals surface area contributed by atoms with Crippen LogP contribution < -0.4 is 0 Å². The minimum atomic E-state index is -0.0997. The molecular weight excluding hydrogens is 286 g/mol. The first-order chi connectivity index (χ1) is 9.97. The van der Waals surface area contributed by atoms with Crippen LogP contribution in [0, 0.1) is 0 Å². The van der Waals surface area contributed by atoms with Crippen molar-refractivity contribution in [3.63, 3.8) is 0 Å². The molecule has 0 spiro atoms. The molecule has 0 radical (unpaired) electrons. The van der Waals surface area contributed by atoms with E-state index in [2.05, 4.69) is 25.9 Å². The van der Waals surface area contributed by atoms with E-state index in [1.807, 2.05) is 27.5 Å². The second-order valence-electron chi connectivity index (χ2n) is 6.68. The van der Waals surface area contributed by atoms with Crippen LogP contribution in [-0.2, 0) is 10.3 Å². The summed E-state index contributed by atoms with van der Waals surface area (Å²) >= 11 is 1.93. The molecule has 0 bridgehead atoms. The first-order valence-corrected chi connectivity index (χ1v) is 8.57. The fraction of sp³-hybridized carbons (Fsp3) is 0.733. The maximum atomic E-state index is 12.8. The Morgan fingerprint density at radius 2 is 2.29 bits per heavy atom. The van der Waals surface area contributed by atoms with Crippen LogP contribution in [0.15, 0.2) is 12.4 Å². The summed E-state index contributed by atoms with van der Waals surface area (Å²) in [4.78, 5) is 14.9. The number of rotatable bonds is 1. The topological polar surface area (TPSA) is 47.4 Å². The number of nitrogens with zero attached hydrogens (tertiary/aromatic N) is 3. The lowest BCUT2D eigenvalue weighted by molar-refractivity contribution is 0.0319. The van der Waals surface area contributed by atoms with Gasteiger partial charge in [0.2, 0.25) is 0 Å². The standard InChI is InChI=1S/C15H23N3O2S/c1-15(2,3)18-9-11(8-16-18)14(19)17-5-7-21-13-10-20-6-4-12(13)17/h8-9,12-13H,4-7,10H2,1-3H3/t12-,13+/m1/s1. The summed E-state index contributed by atoms with van der Waals surface area (Å²) in [5.41, 5.74) is 0.597. The van der Waals surface area contributed by atoms with Crippen LogP contribution >= 0.6 is 11.8 Å². The number of hydrogen-bond donors (Lipinski definition) is 0. The van der Waals surface area contributed by atoms with Gasteiger partial charge in [0.1, 0.15) is 0 Å². The summed E-state index contributed by atoms with van der Waals surface area (Å²) in [5, 5.41) is 4.77. The van der Waals surface area contributed by atoms with Gasteiger partial charge in [-0.1, -0.05) is 0 Å². The van der Waals surface area contributed by atoms with Crippen molar-refractivity contribution in [2.75, 3.05) is 25.5 Å². The Morgan fingerprint density at radius 3 is 3.00 bits per heavy atom. The number of fused-ring (bicyclic) bond motifs is 1. The van der Waals surface area contributed by atoms with Crippen LogP contribution in [0.2, 0.25) is 0 Å². The normalized spacial score (nSPS) is 26.5. The molecule has 5 nitrogen and oxygen atoms in total. The fourth-order valence-electron chi connectivity index (χ4n) is 2.90. The SMILES string of the molecule is CC(C)(C)n1cc(C(=O)N2CCS[C@H]3COCC[C@H]32)cn1. The molecule has 2 aliphatic heterocycles. The molecule has 2 aliphatic rings. The van der Waals surface area contributed by atoms with Gasteiger partial charge in [-0.25, -0.2) is 0 Å². The number of carbonyl (C=O) groups is 1. The Kier molecular flexibility index (Phi) is 4.01. The van der Waals surface area contributed by atoms with E-state index in [4.69, 9.17) is 4.74 Å². The number of amides is 1. The number of aromatic nitrogens is 2. The lowest BCUT2D eigenvalue weighted by Crippen LogP contribution is -2.54. The third-order valence-electron chi connectivity index (χ3n) is 4.11. The van der Waals surface area contributed by atoms with Crippen molar-refractivity contribution in [1.29, 1.82) is 0 Å². The zero-order valence-corrected chi connectivity index (χ0v) is 13.7. The van der Waals surface area contributed by atoms with Gasteiger partial charge >= 0.3 is 0 Å². The highest BCUT2D eigenvalue weighted by atomic mass is 32.2. The van der Waals surface area contributed by atoms with Crippen molar-refractivity contribution in [3.05, 3.63) is 18.0 Å². The molecule has 1 aromatic rings. The second kappa shape index (κ2) is 5.65. The van der Waals surface area contributed by atoms with Gasteiger partial charge in [0.05, 0.1) is 23.9 Å². The molecule has 6 heteroatoms. The highest BCUT2D eigenvalue weighted by Crippen LogP contribution is 2.31. The van der Waals surface area contributed by atoms with Crippen LogP contribution in [0.5, 0.6) is 0 Å². The minimum Gasteiger partial charge on any atom is -0.380 e. The van der Waals surface area contributed by atoms with Gasteiger partial charge in [0.15, 0.2) is 0 Å². The van der Waals surface area contributed by atoms with Crippen molar-refractivity contribution in [2.45, 2.75) is 44.0 Å². The van der Waals surface area contributed by atoms with Crippen LogP contribution in [-0.4, -0.2) is 57.4 Å². The molecular formula is C15H23N3O2S. The maximum Gasteiger partial charge on any atom is 0.257 e. The highest BCUT2D eigenvalue weighted by molar-refractivity contribution is 8.00. The average molecular weight is 309 g/mol. The molecule has 0 aliphatic carbocycles. The molecule has 2 saturated heterocycles. The Bertz CT molecular complexity index is 521. The molecule has 0 unspecified atom stereocenters. The third-order valence-corrected chi connectivity index (χ3v) is 5.41. The lowest BCUT2D eigenvalue weighted by Gasteiger charge is -2.43. The van der Waals surface area contributed by atoms with Crippen molar-refractivity contribution in [1.82, 2.24) is 14.7 Å². The Hall–Kier alpha value is -1.01. The van der Waals surface area contributed by atoms with E-state index in [0.717, 1.165) is 31.9 Å². The van der Waals surface area contributed by atoms with E-state index in [1.165, 1.54) is 0 Å². The predicted molar refractivity (Wildman–Crippen MR) is 83.7 cm³/mol. The molecule has 2 fully saturated rings. The van der Waals surface area contributed by atoms with Gasteiger partial charge < -0.3 is 9.64 Å². The van der Waals surface area contributed by atoms with E-state index < -0.39 is 0 Å². The molecule has 1 aromatic heterocycles. The Morgan fingerprint density at radius 1 is 1.48 bits per heavy atom. The van der Waals surface area contributed by atoms with Crippen LogP contribution in [0.3, 0.4) is 0 Å². The zero-order chi connectivity index (χ0) is 15.0. The average Bonchev–Trinajstić information content (AvgIpc) is 2.96. The summed E-state index contributed by atoms with van der Waals surface area (Å²) in [6.07, 6.45) is 4.51. The van der Waals surface area contributed by atoms with E-state index in [1.54, 1.807) is 6.20 Å². The molecule has 3 rings (SSSR count). The molecule has 1 amide bonds. The largest absolute Gasteiger partial charge is 0.380 e. The molecule has 116 valence electrons.